The lowest BCUT2D eigenvalue weighted by atomic mass is 10.3. The van der Waals surface area contributed by atoms with Gasteiger partial charge in [0.05, 0.1) is 22.3 Å². The van der Waals surface area contributed by atoms with E-state index in [-0.39, 0.29) is 5.91 Å². The average Bonchev–Trinajstić information content (AvgIpc) is 2.93. The van der Waals surface area contributed by atoms with Crippen molar-refractivity contribution in [3.8, 4) is 11.5 Å². The number of carbonyl (C=O) groups excluding carboxylic acids is 1. The third-order valence-corrected chi connectivity index (χ3v) is 4.50. The number of hydrogen-bond donors (Lipinski definition) is 0. The topological polar surface area (TPSA) is 38.8 Å². The van der Waals surface area contributed by atoms with Gasteiger partial charge in [-0.15, -0.1) is 11.3 Å². The van der Waals surface area contributed by atoms with Gasteiger partial charge in [-0.25, -0.2) is 0 Å². The minimum atomic E-state index is 0.00373. The summed E-state index contributed by atoms with van der Waals surface area (Å²) < 4.78 is 11.6. The molecule has 0 saturated heterocycles. The number of nitrogens with zero attached hydrogens (tertiary/aromatic N) is 1. The molecule has 0 aliphatic rings. The number of likely N-dealkylation sites (N-methyl/N-ethyl adjacent to an activating group) is 1. The first-order chi connectivity index (χ1) is 10.1. The van der Waals surface area contributed by atoms with Crippen LogP contribution in [0.1, 0.15) is 9.67 Å². The average molecular weight is 370 g/mol. The third-order valence-electron chi connectivity index (χ3n) is 2.89. The van der Waals surface area contributed by atoms with Crippen molar-refractivity contribution in [2.24, 2.45) is 0 Å². The number of benzene rings is 1. The molecule has 0 fully saturated rings. The van der Waals surface area contributed by atoms with E-state index < -0.39 is 0 Å². The Hall–Kier alpha value is -1.53. The van der Waals surface area contributed by atoms with Crippen molar-refractivity contribution < 1.29 is 14.3 Å². The maximum absolute atomic E-state index is 12.1. The molecule has 0 radical (unpaired) electrons. The summed E-state index contributed by atoms with van der Waals surface area (Å²) in [7, 11) is 3.40. The van der Waals surface area contributed by atoms with Gasteiger partial charge in [0.25, 0.3) is 5.91 Å². The smallest absolute Gasteiger partial charge is 0.263 e. The summed E-state index contributed by atoms with van der Waals surface area (Å²) in [6.07, 6.45) is 0. The largest absolute Gasteiger partial charge is 0.497 e. The second-order valence-corrected chi connectivity index (χ2v) is 6.82. The number of thiophene rings is 1. The maximum Gasteiger partial charge on any atom is 0.263 e. The minimum absolute atomic E-state index is 0.00373. The monoisotopic (exact) mass is 369 g/mol. The van der Waals surface area contributed by atoms with Gasteiger partial charge in [0.15, 0.2) is 0 Å². The molecule has 2 rings (SSSR count). The number of methoxy groups -OCH3 is 1. The van der Waals surface area contributed by atoms with Crippen LogP contribution in [0.5, 0.6) is 11.5 Å². The SMILES string of the molecule is COc1ccc(OCCN(C)C(=O)c2ccc(Br)s2)cc1. The molecule has 4 nitrogen and oxygen atoms in total. The summed E-state index contributed by atoms with van der Waals surface area (Å²) in [5.41, 5.74) is 0. The molecule has 1 aromatic carbocycles. The van der Waals surface area contributed by atoms with Crippen LogP contribution in [0, 0.1) is 0 Å². The van der Waals surface area contributed by atoms with Crippen LogP contribution in [0.2, 0.25) is 0 Å². The van der Waals surface area contributed by atoms with Crippen molar-refractivity contribution in [2.75, 3.05) is 27.3 Å². The van der Waals surface area contributed by atoms with Crippen LogP contribution in [0.4, 0.5) is 0 Å². The fourth-order valence-corrected chi connectivity index (χ4v) is 3.07. The van der Waals surface area contributed by atoms with Gasteiger partial charge in [-0.1, -0.05) is 0 Å². The molecule has 0 aliphatic heterocycles. The van der Waals surface area contributed by atoms with E-state index in [0.717, 1.165) is 15.3 Å². The van der Waals surface area contributed by atoms with Crippen LogP contribution in [0.3, 0.4) is 0 Å². The molecule has 1 aromatic heterocycles. The summed E-state index contributed by atoms with van der Waals surface area (Å²) >= 11 is 4.79. The molecule has 21 heavy (non-hydrogen) atoms. The molecule has 0 spiro atoms. The molecule has 1 heterocycles. The zero-order valence-corrected chi connectivity index (χ0v) is 14.2. The highest BCUT2D eigenvalue weighted by Crippen LogP contribution is 2.23. The van der Waals surface area contributed by atoms with Crippen LogP contribution in [0.25, 0.3) is 0 Å². The first kappa shape index (κ1) is 15.9. The van der Waals surface area contributed by atoms with Gasteiger partial charge >= 0.3 is 0 Å². The van der Waals surface area contributed by atoms with Crippen LogP contribution >= 0.6 is 27.3 Å². The van der Waals surface area contributed by atoms with Crippen molar-refractivity contribution in [3.05, 3.63) is 45.1 Å². The molecule has 0 unspecified atom stereocenters. The van der Waals surface area contributed by atoms with Gasteiger partial charge in [0.1, 0.15) is 18.1 Å². The summed E-state index contributed by atoms with van der Waals surface area (Å²) in [6.45, 7) is 0.974. The van der Waals surface area contributed by atoms with Crippen molar-refractivity contribution in [1.29, 1.82) is 0 Å². The molecule has 0 bridgehead atoms. The van der Waals surface area contributed by atoms with Gasteiger partial charge in [-0.2, -0.15) is 0 Å². The van der Waals surface area contributed by atoms with Crippen LogP contribution in [-0.4, -0.2) is 38.1 Å². The van der Waals surface area contributed by atoms with Crippen LogP contribution in [-0.2, 0) is 0 Å². The Labute approximate surface area is 136 Å². The van der Waals surface area contributed by atoms with Crippen molar-refractivity contribution in [2.45, 2.75) is 0 Å². The van der Waals surface area contributed by atoms with E-state index in [1.54, 1.807) is 19.1 Å². The standard InChI is InChI=1S/C15H16BrNO3S/c1-17(15(18)13-7-8-14(16)21-13)9-10-20-12-5-3-11(19-2)4-6-12/h3-8H,9-10H2,1-2H3. The van der Waals surface area contributed by atoms with E-state index in [9.17, 15) is 4.79 Å². The minimum Gasteiger partial charge on any atom is -0.497 e. The lowest BCUT2D eigenvalue weighted by molar-refractivity contribution is 0.0778. The van der Waals surface area contributed by atoms with E-state index in [4.69, 9.17) is 9.47 Å². The Bertz CT molecular complexity index is 597. The van der Waals surface area contributed by atoms with E-state index in [1.165, 1.54) is 11.3 Å². The second kappa shape index (κ2) is 7.47. The Balaban J connectivity index is 1.80. The molecule has 0 saturated carbocycles. The lowest BCUT2D eigenvalue weighted by Gasteiger charge is -2.16. The number of carbonyl (C=O) groups is 1. The summed E-state index contributed by atoms with van der Waals surface area (Å²) in [5.74, 6) is 1.55. The molecule has 6 heteroatoms. The first-order valence-electron chi connectivity index (χ1n) is 6.38. The predicted octanol–water partition coefficient (Wildman–Crippen LogP) is 3.67. The molecule has 2 aromatic rings. The molecular weight excluding hydrogens is 354 g/mol. The molecule has 1 amide bonds. The number of halogens is 1. The maximum atomic E-state index is 12.1. The van der Waals surface area contributed by atoms with Crippen molar-refractivity contribution in [1.82, 2.24) is 4.90 Å². The van der Waals surface area contributed by atoms with Crippen LogP contribution < -0.4 is 9.47 Å². The highest BCUT2D eigenvalue weighted by Gasteiger charge is 2.13. The lowest BCUT2D eigenvalue weighted by Crippen LogP contribution is -2.30. The Morgan fingerprint density at radius 2 is 1.86 bits per heavy atom. The Morgan fingerprint density at radius 1 is 1.19 bits per heavy atom. The zero-order valence-electron chi connectivity index (χ0n) is 11.8. The van der Waals surface area contributed by atoms with E-state index >= 15 is 0 Å². The van der Waals surface area contributed by atoms with Crippen molar-refractivity contribution in [3.63, 3.8) is 0 Å². The summed E-state index contributed by atoms with van der Waals surface area (Å²) in [4.78, 5) is 14.5. The molecule has 112 valence electrons. The first-order valence-corrected chi connectivity index (χ1v) is 7.99. The highest BCUT2D eigenvalue weighted by molar-refractivity contribution is 9.11. The van der Waals surface area contributed by atoms with E-state index in [1.807, 2.05) is 36.4 Å². The second-order valence-electron chi connectivity index (χ2n) is 4.35. The van der Waals surface area contributed by atoms with Crippen LogP contribution in [0.15, 0.2) is 40.2 Å². The molecular formula is C15H16BrNO3S. The summed E-state index contributed by atoms with van der Waals surface area (Å²) in [6, 6.07) is 11.1. The normalized spacial score (nSPS) is 10.2. The van der Waals surface area contributed by atoms with Gasteiger partial charge < -0.3 is 14.4 Å². The fourth-order valence-electron chi connectivity index (χ4n) is 1.69. The molecule has 0 N–H and O–H groups in total. The van der Waals surface area contributed by atoms with Gasteiger partial charge in [0.2, 0.25) is 0 Å². The number of rotatable bonds is 6. The van der Waals surface area contributed by atoms with Gasteiger partial charge in [-0.3, -0.25) is 4.79 Å². The Kier molecular flexibility index (Phi) is 5.64. The fraction of sp³-hybridized carbons (Fsp3) is 0.267. The highest BCUT2D eigenvalue weighted by atomic mass is 79.9. The quantitative estimate of drug-likeness (QED) is 0.779. The number of hydrogen-bond acceptors (Lipinski definition) is 4. The molecule has 0 aliphatic carbocycles. The van der Waals surface area contributed by atoms with E-state index in [2.05, 4.69) is 15.9 Å². The Morgan fingerprint density at radius 3 is 2.43 bits per heavy atom. The van der Waals surface area contributed by atoms with Crippen molar-refractivity contribution >= 4 is 33.2 Å². The van der Waals surface area contributed by atoms with E-state index in [0.29, 0.717) is 18.0 Å². The van der Waals surface area contributed by atoms with Gasteiger partial charge in [0, 0.05) is 7.05 Å². The summed E-state index contributed by atoms with van der Waals surface area (Å²) in [5, 5.41) is 0. The predicted molar refractivity (Wildman–Crippen MR) is 87.5 cm³/mol. The zero-order chi connectivity index (χ0) is 15.2. The molecule has 0 atom stereocenters. The number of ether oxygens (including phenoxy) is 2. The number of amides is 1. The van der Waals surface area contributed by atoms with Gasteiger partial charge in [-0.05, 0) is 52.3 Å². The third kappa shape index (κ3) is 4.47.